The maximum atomic E-state index is 13.4. The number of hydrogen-bond acceptors (Lipinski definition) is 2. The molecular weight excluding hydrogens is 277 g/mol. The van der Waals surface area contributed by atoms with Crippen LogP contribution in [0.4, 0.5) is 4.39 Å². The standard InChI is InChI=1S/C15H19ClFN3/c1-2-7-18-8-3-4-12-10-19-20(11-12)13-5-6-14(16)15(17)9-13/h5-6,9-11,18H,2-4,7-8H2,1H3. The van der Waals surface area contributed by atoms with E-state index in [1.54, 1.807) is 16.8 Å². The average molecular weight is 296 g/mol. The van der Waals surface area contributed by atoms with Crippen LogP contribution in [-0.2, 0) is 6.42 Å². The summed E-state index contributed by atoms with van der Waals surface area (Å²) >= 11 is 5.67. The molecule has 0 saturated carbocycles. The lowest BCUT2D eigenvalue weighted by molar-refractivity contribution is 0.626. The first-order valence-electron chi connectivity index (χ1n) is 6.90. The molecular formula is C15H19ClFN3. The van der Waals surface area contributed by atoms with Gasteiger partial charge >= 0.3 is 0 Å². The van der Waals surface area contributed by atoms with Crippen LogP contribution in [-0.4, -0.2) is 22.9 Å². The Morgan fingerprint density at radius 2 is 2.20 bits per heavy atom. The van der Waals surface area contributed by atoms with Crippen molar-refractivity contribution in [2.75, 3.05) is 13.1 Å². The third kappa shape index (κ3) is 4.05. The van der Waals surface area contributed by atoms with Crippen molar-refractivity contribution in [1.29, 1.82) is 0 Å². The topological polar surface area (TPSA) is 29.9 Å². The van der Waals surface area contributed by atoms with E-state index >= 15 is 0 Å². The van der Waals surface area contributed by atoms with Gasteiger partial charge in [0, 0.05) is 12.3 Å². The minimum Gasteiger partial charge on any atom is -0.317 e. The fourth-order valence-corrected chi connectivity index (χ4v) is 2.09. The van der Waals surface area contributed by atoms with Crippen molar-refractivity contribution in [3.05, 3.63) is 47.0 Å². The molecule has 0 aliphatic carbocycles. The first-order valence-corrected chi connectivity index (χ1v) is 7.28. The molecule has 1 aromatic carbocycles. The van der Waals surface area contributed by atoms with Crippen LogP contribution in [0.15, 0.2) is 30.6 Å². The molecule has 0 saturated heterocycles. The summed E-state index contributed by atoms with van der Waals surface area (Å²) in [7, 11) is 0. The molecule has 20 heavy (non-hydrogen) atoms. The van der Waals surface area contributed by atoms with Gasteiger partial charge in [-0.3, -0.25) is 0 Å². The lowest BCUT2D eigenvalue weighted by atomic mass is 10.2. The van der Waals surface area contributed by atoms with Crippen molar-refractivity contribution >= 4 is 11.6 Å². The van der Waals surface area contributed by atoms with Gasteiger partial charge in [0.1, 0.15) is 5.82 Å². The van der Waals surface area contributed by atoms with Gasteiger partial charge in [0.05, 0.1) is 16.9 Å². The molecule has 1 N–H and O–H groups in total. The van der Waals surface area contributed by atoms with Gasteiger partial charge < -0.3 is 5.32 Å². The number of benzene rings is 1. The molecule has 2 rings (SSSR count). The normalized spacial score (nSPS) is 10.9. The van der Waals surface area contributed by atoms with Gasteiger partial charge in [-0.05, 0) is 50.0 Å². The zero-order chi connectivity index (χ0) is 14.4. The molecule has 108 valence electrons. The second-order valence-corrected chi connectivity index (χ2v) is 5.15. The molecule has 0 unspecified atom stereocenters. The van der Waals surface area contributed by atoms with Gasteiger partial charge in [-0.15, -0.1) is 0 Å². The van der Waals surface area contributed by atoms with Crippen LogP contribution in [0.25, 0.3) is 5.69 Å². The number of nitrogens with one attached hydrogen (secondary N) is 1. The summed E-state index contributed by atoms with van der Waals surface area (Å²) in [5.74, 6) is -0.426. The zero-order valence-corrected chi connectivity index (χ0v) is 12.3. The van der Waals surface area contributed by atoms with Crippen molar-refractivity contribution in [1.82, 2.24) is 15.1 Å². The number of aryl methyl sites for hydroxylation is 1. The quantitative estimate of drug-likeness (QED) is 0.791. The zero-order valence-electron chi connectivity index (χ0n) is 11.6. The van der Waals surface area contributed by atoms with Gasteiger partial charge in [-0.25, -0.2) is 9.07 Å². The lowest BCUT2D eigenvalue weighted by Crippen LogP contribution is -2.16. The van der Waals surface area contributed by atoms with E-state index in [9.17, 15) is 4.39 Å². The van der Waals surface area contributed by atoms with E-state index in [0.29, 0.717) is 5.69 Å². The summed E-state index contributed by atoms with van der Waals surface area (Å²) in [6.45, 7) is 4.22. The highest BCUT2D eigenvalue weighted by Crippen LogP contribution is 2.18. The van der Waals surface area contributed by atoms with Crippen LogP contribution in [0, 0.1) is 5.82 Å². The van der Waals surface area contributed by atoms with Gasteiger partial charge in [0.25, 0.3) is 0 Å². The van der Waals surface area contributed by atoms with E-state index in [1.165, 1.54) is 6.07 Å². The van der Waals surface area contributed by atoms with E-state index in [4.69, 9.17) is 11.6 Å². The number of halogens is 2. The van der Waals surface area contributed by atoms with Crippen molar-refractivity contribution in [2.45, 2.75) is 26.2 Å². The minimum atomic E-state index is -0.426. The summed E-state index contributed by atoms with van der Waals surface area (Å²) < 4.78 is 15.1. The van der Waals surface area contributed by atoms with Crippen LogP contribution >= 0.6 is 11.6 Å². The summed E-state index contributed by atoms with van der Waals surface area (Å²) in [5, 5.41) is 7.75. The molecule has 0 amide bonds. The fourth-order valence-electron chi connectivity index (χ4n) is 1.98. The maximum absolute atomic E-state index is 13.4. The monoisotopic (exact) mass is 295 g/mol. The van der Waals surface area contributed by atoms with Gasteiger partial charge in [0.15, 0.2) is 0 Å². The third-order valence-electron chi connectivity index (χ3n) is 3.05. The Morgan fingerprint density at radius 3 is 2.95 bits per heavy atom. The van der Waals surface area contributed by atoms with Crippen molar-refractivity contribution in [2.24, 2.45) is 0 Å². The highest BCUT2D eigenvalue weighted by atomic mass is 35.5. The number of aromatic nitrogens is 2. The Morgan fingerprint density at radius 1 is 1.35 bits per heavy atom. The van der Waals surface area contributed by atoms with Crippen LogP contribution in [0.5, 0.6) is 0 Å². The van der Waals surface area contributed by atoms with Crippen LogP contribution in [0.2, 0.25) is 5.02 Å². The first-order chi connectivity index (χ1) is 9.70. The molecule has 0 atom stereocenters. The second kappa shape index (κ2) is 7.41. The Labute approximate surface area is 123 Å². The third-order valence-corrected chi connectivity index (χ3v) is 3.36. The molecule has 0 fully saturated rings. The fraction of sp³-hybridized carbons (Fsp3) is 0.400. The summed E-state index contributed by atoms with van der Waals surface area (Å²) in [5.41, 5.74) is 1.83. The Bertz CT molecular complexity index is 554. The number of nitrogens with zero attached hydrogens (tertiary/aromatic N) is 2. The van der Waals surface area contributed by atoms with E-state index in [0.717, 1.165) is 37.9 Å². The molecule has 3 nitrogen and oxygen atoms in total. The minimum absolute atomic E-state index is 0.128. The Kier molecular flexibility index (Phi) is 5.56. The van der Waals surface area contributed by atoms with Gasteiger partial charge in [0.2, 0.25) is 0 Å². The van der Waals surface area contributed by atoms with Crippen LogP contribution in [0.3, 0.4) is 0 Å². The summed E-state index contributed by atoms with van der Waals surface area (Å²) in [4.78, 5) is 0. The van der Waals surface area contributed by atoms with Crippen LogP contribution < -0.4 is 5.32 Å². The van der Waals surface area contributed by atoms with E-state index in [2.05, 4.69) is 17.3 Å². The second-order valence-electron chi connectivity index (χ2n) is 4.75. The molecule has 1 aromatic heterocycles. The van der Waals surface area contributed by atoms with Crippen molar-refractivity contribution in [3.8, 4) is 5.69 Å². The SMILES string of the molecule is CCCNCCCc1cnn(-c2ccc(Cl)c(F)c2)c1. The molecule has 0 aliphatic rings. The van der Waals surface area contributed by atoms with E-state index < -0.39 is 5.82 Å². The lowest BCUT2D eigenvalue weighted by Gasteiger charge is -2.02. The number of hydrogen-bond donors (Lipinski definition) is 1. The molecule has 0 spiro atoms. The Hall–Kier alpha value is -1.39. The molecule has 1 heterocycles. The van der Waals surface area contributed by atoms with Gasteiger partial charge in [-0.2, -0.15) is 5.10 Å². The largest absolute Gasteiger partial charge is 0.317 e. The molecule has 0 bridgehead atoms. The first kappa shape index (κ1) is 15.0. The Balaban J connectivity index is 1.93. The molecule has 5 heteroatoms. The highest BCUT2D eigenvalue weighted by molar-refractivity contribution is 6.30. The molecule has 2 aromatic rings. The van der Waals surface area contributed by atoms with Crippen molar-refractivity contribution in [3.63, 3.8) is 0 Å². The molecule has 0 radical (unpaired) electrons. The average Bonchev–Trinajstić information content (AvgIpc) is 2.90. The van der Waals surface area contributed by atoms with Crippen molar-refractivity contribution < 1.29 is 4.39 Å². The molecule has 0 aliphatic heterocycles. The van der Waals surface area contributed by atoms with E-state index in [1.807, 2.05) is 12.4 Å². The van der Waals surface area contributed by atoms with Gasteiger partial charge in [-0.1, -0.05) is 18.5 Å². The van der Waals surface area contributed by atoms with Crippen LogP contribution in [0.1, 0.15) is 25.3 Å². The predicted molar refractivity (Wildman–Crippen MR) is 80.0 cm³/mol. The highest BCUT2D eigenvalue weighted by Gasteiger charge is 2.05. The summed E-state index contributed by atoms with van der Waals surface area (Å²) in [6, 6.07) is 4.69. The maximum Gasteiger partial charge on any atom is 0.143 e. The summed E-state index contributed by atoms with van der Waals surface area (Å²) in [6.07, 6.45) is 6.95. The predicted octanol–water partition coefficient (Wildman–Crippen LogP) is 3.60. The smallest absolute Gasteiger partial charge is 0.143 e. The number of rotatable bonds is 7. The van der Waals surface area contributed by atoms with E-state index in [-0.39, 0.29) is 5.02 Å².